The van der Waals surface area contributed by atoms with Gasteiger partial charge in [0.15, 0.2) is 0 Å². The Morgan fingerprint density at radius 1 is 1.11 bits per heavy atom. The van der Waals surface area contributed by atoms with Crippen LogP contribution in [-0.4, -0.2) is 41.1 Å². The molecule has 1 saturated heterocycles. The Balaban J connectivity index is 1.63. The molecule has 2 aromatic rings. The van der Waals surface area contributed by atoms with E-state index in [0.717, 1.165) is 15.4 Å². The molecule has 0 unspecified atom stereocenters. The summed E-state index contributed by atoms with van der Waals surface area (Å²) in [6.45, 7) is 1.39. The molecular weight excluding hydrogens is 374 g/mol. The molecule has 1 heterocycles. The highest BCUT2D eigenvalue weighted by molar-refractivity contribution is 7.98. The molecule has 4 amide bonds. The van der Waals surface area contributed by atoms with E-state index in [2.05, 4.69) is 10.6 Å². The molecule has 0 saturated carbocycles. The minimum atomic E-state index is -1.01. The van der Waals surface area contributed by atoms with Crippen molar-refractivity contribution < 1.29 is 14.4 Å². The SMILES string of the molecule is CSc1ccccc1NC(=O)CN1C(=O)N[C@@](C)(CCc2ccccc2)C1=O. The first-order chi connectivity index (χ1) is 13.4. The van der Waals surface area contributed by atoms with Crippen LogP contribution in [0.5, 0.6) is 0 Å². The first kappa shape index (κ1) is 19.9. The van der Waals surface area contributed by atoms with Crippen LogP contribution < -0.4 is 10.6 Å². The van der Waals surface area contributed by atoms with Gasteiger partial charge in [0.1, 0.15) is 12.1 Å². The number of nitrogens with zero attached hydrogens (tertiary/aromatic N) is 1. The molecule has 1 aliphatic rings. The fourth-order valence-electron chi connectivity index (χ4n) is 3.18. The van der Waals surface area contributed by atoms with Crippen molar-refractivity contribution in [1.29, 1.82) is 0 Å². The van der Waals surface area contributed by atoms with Crippen LogP contribution in [0.1, 0.15) is 18.9 Å². The summed E-state index contributed by atoms with van der Waals surface area (Å²) in [7, 11) is 0. The van der Waals surface area contributed by atoms with Crippen LogP contribution >= 0.6 is 11.8 Å². The van der Waals surface area contributed by atoms with Gasteiger partial charge in [-0.2, -0.15) is 0 Å². The molecule has 2 aromatic carbocycles. The zero-order valence-electron chi connectivity index (χ0n) is 15.9. The largest absolute Gasteiger partial charge is 0.325 e. The molecule has 6 nitrogen and oxygen atoms in total. The first-order valence-electron chi connectivity index (χ1n) is 9.04. The Morgan fingerprint density at radius 3 is 2.50 bits per heavy atom. The number of hydrogen-bond donors (Lipinski definition) is 2. The second kappa shape index (κ2) is 8.48. The van der Waals surface area contributed by atoms with Gasteiger partial charge in [-0.25, -0.2) is 4.79 Å². The normalized spacial score (nSPS) is 18.9. The minimum Gasteiger partial charge on any atom is -0.324 e. The zero-order chi connectivity index (χ0) is 20.1. The van der Waals surface area contributed by atoms with Crippen LogP contribution in [0.25, 0.3) is 0 Å². The number of imide groups is 1. The van der Waals surface area contributed by atoms with Crippen LogP contribution in [-0.2, 0) is 16.0 Å². The molecule has 1 atom stereocenters. The fourth-order valence-corrected chi connectivity index (χ4v) is 3.73. The zero-order valence-corrected chi connectivity index (χ0v) is 16.7. The highest BCUT2D eigenvalue weighted by Gasteiger charge is 2.47. The van der Waals surface area contributed by atoms with Gasteiger partial charge in [0.25, 0.3) is 5.91 Å². The van der Waals surface area contributed by atoms with Gasteiger partial charge < -0.3 is 10.6 Å². The molecule has 2 N–H and O–H groups in total. The Bertz CT molecular complexity index is 887. The van der Waals surface area contributed by atoms with Gasteiger partial charge in [0, 0.05) is 4.90 Å². The number of rotatable bonds is 7. The highest BCUT2D eigenvalue weighted by Crippen LogP contribution is 2.26. The second-order valence-electron chi connectivity index (χ2n) is 6.89. The van der Waals surface area contributed by atoms with Crippen molar-refractivity contribution in [1.82, 2.24) is 10.2 Å². The van der Waals surface area contributed by atoms with Crippen LogP contribution in [0.4, 0.5) is 10.5 Å². The molecule has 28 heavy (non-hydrogen) atoms. The maximum atomic E-state index is 12.8. The van der Waals surface area contributed by atoms with Crippen LogP contribution in [0.3, 0.4) is 0 Å². The molecule has 0 spiro atoms. The third-order valence-electron chi connectivity index (χ3n) is 4.78. The Labute approximate surface area is 168 Å². The number of aryl methyl sites for hydroxylation is 1. The van der Waals surface area contributed by atoms with Crippen LogP contribution in [0, 0.1) is 0 Å². The number of para-hydroxylation sites is 1. The van der Waals surface area contributed by atoms with Crippen molar-refractivity contribution in [3.05, 3.63) is 60.2 Å². The summed E-state index contributed by atoms with van der Waals surface area (Å²) < 4.78 is 0. The number of carbonyl (C=O) groups excluding carboxylic acids is 3. The van der Waals surface area contributed by atoms with Crippen molar-refractivity contribution in [3.63, 3.8) is 0 Å². The van der Waals surface area contributed by atoms with E-state index in [-0.39, 0.29) is 12.5 Å². The van der Waals surface area contributed by atoms with Crippen molar-refractivity contribution in [2.45, 2.75) is 30.2 Å². The fraction of sp³-hybridized carbons (Fsp3) is 0.286. The van der Waals surface area contributed by atoms with E-state index in [1.165, 1.54) is 11.8 Å². The molecule has 3 rings (SSSR count). The molecule has 0 aliphatic carbocycles. The lowest BCUT2D eigenvalue weighted by Gasteiger charge is -2.21. The summed E-state index contributed by atoms with van der Waals surface area (Å²) in [5, 5.41) is 5.53. The van der Waals surface area contributed by atoms with Gasteiger partial charge in [0.05, 0.1) is 5.69 Å². The van der Waals surface area contributed by atoms with Crippen LogP contribution in [0.2, 0.25) is 0 Å². The van der Waals surface area contributed by atoms with E-state index >= 15 is 0 Å². The lowest BCUT2D eigenvalue weighted by molar-refractivity contribution is -0.133. The van der Waals surface area contributed by atoms with E-state index in [1.54, 1.807) is 13.0 Å². The smallest absolute Gasteiger partial charge is 0.324 e. The number of urea groups is 1. The molecule has 146 valence electrons. The lowest BCUT2D eigenvalue weighted by atomic mass is 9.93. The number of benzene rings is 2. The molecule has 0 bridgehead atoms. The summed E-state index contributed by atoms with van der Waals surface area (Å²) >= 11 is 1.51. The number of anilines is 1. The third-order valence-corrected chi connectivity index (χ3v) is 5.58. The average Bonchev–Trinajstić information content (AvgIpc) is 2.91. The van der Waals surface area contributed by atoms with E-state index < -0.39 is 17.5 Å². The topological polar surface area (TPSA) is 78.5 Å². The van der Waals surface area contributed by atoms with Gasteiger partial charge in [-0.1, -0.05) is 42.5 Å². The number of carbonyl (C=O) groups is 3. The Morgan fingerprint density at radius 2 is 1.79 bits per heavy atom. The number of nitrogens with one attached hydrogen (secondary N) is 2. The van der Waals surface area contributed by atoms with Gasteiger partial charge >= 0.3 is 6.03 Å². The molecule has 0 radical (unpaired) electrons. The van der Waals surface area contributed by atoms with Crippen molar-refractivity contribution in [3.8, 4) is 0 Å². The molecule has 7 heteroatoms. The van der Waals surface area contributed by atoms with Gasteiger partial charge in [-0.05, 0) is 43.7 Å². The maximum Gasteiger partial charge on any atom is 0.325 e. The predicted molar refractivity (Wildman–Crippen MR) is 110 cm³/mol. The Kier molecular flexibility index (Phi) is 6.04. The number of thioether (sulfide) groups is 1. The van der Waals surface area contributed by atoms with Crippen molar-refractivity contribution in [2.75, 3.05) is 18.1 Å². The summed E-state index contributed by atoms with van der Waals surface area (Å²) in [5.74, 6) is -0.779. The minimum absolute atomic E-state index is 0.311. The van der Waals surface area contributed by atoms with Gasteiger partial charge in [-0.15, -0.1) is 11.8 Å². The molecule has 1 aliphatic heterocycles. The van der Waals surface area contributed by atoms with Gasteiger partial charge in [-0.3, -0.25) is 14.5 Å². The van der Waals surface area contributed by atoms with Crippen molar-refractivity contribution >= 4 is 35.3 Å². The average molecular weight is 398 g/mol. The summed E-state index contributed by atoms with van der Waals surface area (Å²) in [5.41, 5.74) is 0.749. The third kappa shape index (κ3) is 4.36. The summed E-state index contributed by atoms with van der Waals surface area (Å²) in [6, 6.07) is 16.6. The molecule has 1 fully saturated rings. The standard InChI is InChI=1S/C21H23N3O3S/c1-21(13-12-15-8-4-3-5-9-15)19(26)24(20(27)23-21)14-18(25)22-16-10-6-7-11-17(16)28-2/h3-11H,12-14H2,1-2H3,(H,22,25)(H,23,27)/t21-/m0/s1. The number of hydrogen-bond acceptors (Lipinski definition) is 4. The number of amides is 4. The monoisotopic (exact) mass is 397 g/mol. The Hall–Kier alpha value is -2.80. The lowest BCUT2D eigenvalue weighted by Crippen LogP contribution is -2.45. The predicted octanol–water partition coefficient (Wildman–Crippen LogP) is 3.29. The highest BCUT2D eigenvalue weighted by atomic mass is 32.2. The van der Waals surface area contributed by atoms with Crippen LogP contribution in [0.15, 0.2) is 59.5 Å². The van der Waals surface area contributed by atoms with E-state index in [9.17, 15) is 14.4 Å². The van der Waals surface area contributed by atoms with E-state index in [4.69, 9.17) is 0 Å². The van der Waals surface area contributed by atoms with Crippen molar-refractivity contribution in [2.24, 2.45) is 0 Å². The molecule has 0 aromatic heterocycles. The summed E-state index contributed by atoms with van der Waals surface area (Å²) in [4.78, 5) is 39.5. The summed E-state index contributed by atoms with van der Waals surface area (Å²) in [6.07, 6.45) is 3.04. The van der Waals surface area contributed by atoms with E-state index in [0.29, 0.717) is 18.5 Å². The van der Waals surface area contributed by atoms with E-state index in [1.807, 2.05) is 54.8 Å². The quantitative estimate of drug-likeness (QED) is 0.555. The first-order valence-corrected chi connectivity index (χ1v) is 10.3. The van der Waals surface area contributed by atoms with Gasteiger partial charge in [0.2, 0.25) is 5.91 Å². The molecular formula is C21H23N3O3S. The second-order valence-corrected chi connectivity index (χ2v) is 7.74. The maximum absolute atomic E-state index is 12.8.